The van der Waals surface area contributed by atoms with Crippen LogP contribution in [0.3, 0.4) is 0 Å². The van der Waals surface area contributed by atoms with E-state index in [9.17, 15) is 4.79 Å². The summed E-state index contributed by atoms with van der Waals surface area (Å²) in [6.45, 7) is 4.19. The van der Waals surface area contributed by atoms with Crippen LogP contribution in [0.15, 0.2) is 22.7 Å². The Hall–Kier alpha value is -1.07. The van der Waals surface area contributed by atoms with Gasteiger partial charge in [-0.25, -0.2) is 0 Å². The number of halogens is 1. The van der Waals surface area contributed by atoms with Crippen molar-refractivity contribution in [3.63, 3.8) is 0 Å². The van der Waals surface area contributed by atoms with Gasteiger partial charge < -0.3 is 15.0 Å². The summed E-state index contributed by atoms with van der Waals surface area (Å²) in [5.74, 6) is 0.868. The highest BCUT2D eigenvalue weighted by Gasteiger charge is 2.05. The molecule has 0 spiro atoms. The van der Waals surface area contributed by atoms with Crippen LogP contribution in [0.4, 0.5) is 0 Å². The fourth-order valence-electron chi connectivity index (χ4n) is 1.52. The number of hydrogen-bond donors (Lipinski definition) is 1. The first kappa shape index (κ1) is 16.0. The van der Waals surface area contributed by atoms with Gasteiger partial charge >= 0.3 is 0 Å². The molecule has 0 aliphatic carbocycles. The van der Waals surface area contributed by atoms with Gasteiger partial charge in [0.15, 0.2) is 0 Å². The number of hydrogen-bond acceptors (Lipinski definition) is 3. The largest absolute Gasteiger partial charge is 0.493 e. The quantitative estimate of drug-likeness (QED) is 0.835. The molecular formula is C14H21BrN2O2. The number of benzene rings is 1. The summed E-state index contributed by atoms with van der Waals surface area (Å²) in [5.41, 5.74) is 1.15. The van der Waals surface area contributed by atoms with E-state index in [2.05, 4.69) is 28.2 Å². The molecule has 0 radical (unpaired) electrons. The zero-order valence-electron chi connectivity index (χ0n) is 11.7. The monoisotopic (exact) mass is 328 g/mol. The third kappa shape index (κ3) is 5.61. The molecule has 0 aliphatic heterocycles. The number of amides is 1. The molecule has 5 heteroatoms. The second kappa shape index (κ2) is 8.17. The molecule has 1 aromatic carbocycles. The van der Waals surface area contributed by atoms with Crippen molar-refractivity contribution in [2.75, 3.05) is 27.2 Å². The molecule has 0 saturated heterocycles. The van der Waals surface area contributed by atoms with Crippen LogP contribution in [0, 0.1) is 0 Å². The molecular weight excluding hydrogens is 308 g/mol. The van der Waals surface area contributed by atoms with Gasteiger partial charge in [0.05, 0.1) is 13.0 Å². The van der Waals surface area contributed by atoms with Crippen molar-refractivity contribution < 1.29 is 9.53 Å². The van der Waals surface area contributed by atoms with Gasteiger partial charge in [0, 0.05) is 25.1 Å². The van der Waals surface area contributed by atoms with Crippen LogP contribution in [0.2, 0.25) is 0 Å². The molecule has 0 aliphatic rings. The lowest BCUT2D eigenvalue weighted by molar-refractivity contribution is -0.129. The maximum atomic E-state index is 11.4. The molecule has 0 aromatic heterocycles. The zero-order chi connectivity index (χ0) is 14.3. The van der Waals surface area contributed by atoms with Crippen molar-refractivity contribution in [2.24, 2.45) is 0 Å². The van der Waals surface area contributed by atoms with Gasteiger partial charge in [-0.15, -0.1) is 0 Å². The lowest BCUT2D eigenvalue weighted by atomic mass is 10.2. The smallest absolute Gasteiger partial charge is 0.225 e. The second-order valence-electron chi connectivity index (χ2n) is 4.42. The van der Waals surface area contributed by atoms with Crippen molar-refractivity contribution in [1.82, 2.24) is 10.2 Å². The fraction of sp³-hybridized carbons (Fsp3) is 0.500. The summed E-state index contributed by atoms with van der Waals surface area (Å²) in [7, 11) is 3.49. The summed E-state index contributed by atoms with van der Waals surface area (Å²) < 4.78 is 6.67. The Morgan fingerprint density at radius 3 is 2.79 bits per heavy atom. The molecule has 19 heavy (non-hydrogen) atoms. The van der Waals surface area contributed by atoms with Crippen molar-refractivity contribution in [1.29, 1.82) is 0 Å². The number of nitrogens with one attached hydrogen (secondary N) is 1. The van der Waals surface area contributed by atoms with Crippen LogP contribution in [0.5, 0.6) is 5.75 Å². The van der Waals surface area contributed by atoms with Crippen LogP contribution in [0.25, 0.3) is 0 Å². The number of carbonyl (C=O) groups is 1. The highest BCUT2D eigenvalue weighted by Crippen LogP contribution is 2.22. The van der Waals surface area contributed by atoms with E-state index >= 15 is 0 Å². The topological polar surface area (TPSA) is 41.6 Å². The fourth-order valence-corrected chi connectivity index (χ4v) is 1.90. The Labute approximate surface area is 123 Å². The standard InChI is InChI=1S/C14H21BrN2O2/c1-4-16-10-11-9-12(5-6-13(11)15)19-8-7-14(18)17(2)3/h5-6,9,16H,4,7-8,10H2,1-3H3. The number of carbonyl (C=O) groups excluding carboxylic acids is 1. The van der Waals surface area contributed by atoms with Crippen molar-refractivity contribution >= 4 is 21.8 Å². The molecule has 0 unspecified atom stereocenters. The normalized spacial score (nSPS) is 10.3. The van der Waals surface area contributed by atoms with E-state index in [1.165, 1.54) is 0 Å². The lowest BCUT2D eigenvalue weighted by Gasteiger charge is -2.12. The average Bonchev–Trinajstić information content (AvgIpc) is 2.38. The first-order valence-corrected chi connectivity index (χ1v) is 7.16. The molecule has 4 nitrogen and oxygen atoms in total. The van der Waals surface area contributed by atoms with E-state index in [1.807, 2.05) is 18.2 Å². The highest BCUT2D eigenvalue weighted by atomic mass is 79.9. The predicted molar refractivity (Wildman–Crippen MR) is 80.3 cm³/mol. The van der Waals surface area contributed by atoms with E-state index in [0.29, 0.717) is 13.0 Å². The number of nitrogens with zero attached hydrogens (tertiary/aromatic N) is 1. The molecule has 1 amide bonds. The SMILES string of the molecule is CCNCc1cc(OCCC(=O)N(C)C)ccc1Br. The van der Waals surface area contributed by atoms with Crippen LogP contribution in [0.1, 0.15) is 18.9 Å². The average molecular weight is 329 g/mol. The number of rotatable bonds is 7. The van der Waals surface area contributed by atoms with Crippen LogP contribution in [-0.2, 0) is 11.3 Å². The first-order valence-electron chi connectivity index (χ1n) is 6.36. The maximum absolute atomic E-state index is 11.4. The Morgan fingerprint density at radius 2 is 2.16 bits per heavy atom. The van der Waals surface area contributed by atoms with Gasteiger partial charge in [0.1, 0.15) is 5.75 Å². The van der Waals surface area contributed by atoms with Gasteiger partial charge in [-0.05, 0) is 30.3 Å². The molecule has 1 rings (SSSR count). The lowest BCUT2D eigenvalue weighted by Crippen LogP contribution is -2.23. The minimum Gasteiger partial charge on any atom is -0.493 e. The highest BCUT2D eigenvalue weighted by molar-refractivity contribution is 9.10. The molecule has 1 N–H and O–H groups in total. The molecule has 1 aromatic rings. The van der Waals surface area contributed by atoms with Gasteiger partial charge in [0.25, 0.3) is 0 Å². The van der Waals surface area contributed by atoms with Gasteiger partial charge in [-0.1, -0.05) is 22.9 Å². The van der Waals surface area contributed by atoms with Crippen LogP contribution < -0.4 is 10.1 Å². The minimum absolute atomic E-state index is 0.0741. The minimum atomic E-state index is 0.0741. The summed E-state index contributed by atoms with van der Waals surface area (Å²) in [6, 6.07) is 5.86. The molecule has 106 valence electrons. The van der Waals surface area contributed by atoms with E-state index in [4.69, 9.17) is 4.74 Å². The van der Waals surface area contributed by atoms with Crippen molar-refractivity contribution in [3.05, 3.63) is 28.2 Å². The summed E-state index contributed by atoms with van der Waals surface area (Å²) in [6.07, 6.45) is 0.394. The Balaban J connectivity index is 2.52. The summed E-state index contributed by atoms with van der Waals surface area (Å²) in [5, 5.41) is 3.28. The third-order valence-electron chi connectivity index (χ3n) is 2.67. The van der Waals surface area contributed by atoms with Gasteiger partial charge in [-0.3, -0.25) is 4.79 Å². The summed E-state index contributed by atoms with van der Waals surface area (Å²) in [4.78, 5) is 13.0. The van der Waals surface area contributed by atoms with Crippen molar-refractivity contribution in [2.45, 2.75) is 19.9 Å². The molecule has 0 fully saturated rings. The summed E-state index contributed by atoms with van der Waals surface area (Å²) >= 11 is 3.51. The predicted octanol–water partition coefficient (Wildman–Crippen LogP) is 2.42. The molecule has 0 saturated carbocycles. The van der Waals surface area contributed by atoms with Gasteiger partial charge in [-0.2, -0.15) is 0 Å². The Morgan fingerprint density at radius 1 is 1.42 bits per heavy atom. The number of ether oxygens (including phenoxy) is 1. The van der Waals surface area contributed by atoms with Crippen LogP contribution >= 0.6 is 15.9 Å². The Bertz CT molecular complexity index is 422. The van der Waals surface area contributed by atoms with E-state index in [0.717, 1.165) is 28.9 Å². The molecule has 0 bridgehead atoms. The maximum Gasteiger partial charge on any atom is 0.225 e. The van der Waals surface area contributed by atoms with Crippen LogP contribution in [-0.4, -0.2) is 38.1 Å². The second-order valence-corrected chi connectivity index (χ2v) is 5.27. The molecule has 0 atom stereocenters. The zero-order valence-corrected chi connectivity index (χ0v) is 13.3. The van der Waals surface area contributed by atoms with E-state index in [1.54, 1.807) is 19.0 Å². The van der Waals surface area contributed by atoms with Gasteiger partial charge in [0.2, 0.25) is 5.91 Å². The van der Waals surface area contributed by atoms with Crippen molar-refractivity contribution in [3.8, 4) is 5.75 Å². The van der Waals surface area contributed by atoms with E-state index in [-0.39, 0.29) is 5.91 Å². The Kier molecular flexibility index (Phi) is 6.87. The molecule has 0 heterocycles. The first-order chi connectivity index (χ1) is 9.04. The van der Waals surface area contributed by atoms with E-state index < -0.39 is 0 Å². The third-order valence-corrected chi connectivity index (χ3v) is 3.44.